The molecule has 7 nitrogen and oxygen atoms in total. The summed E-state index contributed by atoms with van der Waals surface area (Å²) >= 11 is 18.3. The number of nitrogens with zero attached hydrogens (tertiary/aromatic N) is 3. The maximum atomic E-state index is 12.4. The Morgan fingerprint density at radius 2 is 1.53 bits per heavy atom. The van der Waals surface area contributed by atoms with Gasteiger partial charge in [0.25, 0.3) is 0 Å². The van der Waals surface area contributed by atoms with Crippen LogP contribution in [0.4, 0.5) is 16.2 Å². The molecule has 5 rings (SSSR count). The zero-order valence-corrected chi connectivity index (χ0v) is 22.2. The molecule has 0 saturated heterocycles. The molecule has 0 unspecified atom stereocenters. The number of aromatic nitrogens is 3. The van der Waals surface area contributed by atoms with Gasteiger partial charge in [0.15, 0.2) is 0 Å². The van der Waals surface area contributed by atoms with Crippen LogP contribution in [0.25, 0.3) is 28.1 Å². The molecule has 0 aliphatic heterocycles. The van der Waals surface area contributed by atoms with Crippen molar-refractivity contribution in [3.63, 3.8) is 0 Å². The third kappa shape index (κ3) is 5.75. The largest absolute Gasteiger partial charge is 0.497 e. The Hall–Kier alpha value is -4.04. The molecule has 0 bridgehead atoms. The second-order valence-electron chi connectivity index (χ2n) is 8.21. The predicted octanol–water partition coefficient (Wildman–Crippen LogP) is 8.21. The Balaban J connectivity index is 1.41. The number of methoxy groups -OCH3 is 1. The van der Waals surface area contributed by atoms with Crippen molar-refractivity contribution in [3.05, 3.63) is 106 Å². The first-order chi connectivity index (χ1) is 18.4. The van der Waals surface area contributed by atoms with E-state index in [0.717, 1.165) is 28.1 Å². The second-order valence-corrected chi connectivity index (χ2v) is 9.46. The van der Waals surface area contributed by atoms with Gasteiger partial charge >= 0.3 is 6.03 Å². The summed E-state index contributed by atoms with van der Waals surface area (Å²) in [5.74, 6) is 0.636. The van der Waals surface area contributed by atoms with Gasteiger partial charge in [0.05, 0.1) is 22.8 Å². The van der Waals surface area contributed by atoms with E-state index < -0.39 is 6.03 Å². The molecule has 0 saturated carbocycles. The fourth-order valence-electron chi connectivity index (χ4n) is 3.84. The molecule has 10 heteroatoms. The number of benzene rings is 3. The van der Waals surface area contributed by atoms with Crippen LogP contribution in [0.5, 0.6) is 5.75 Å². The molecule has 38 heavy (non-hydrogen) atoms. The molecule has 5 aromatic rings. The van der Waals surface area contributed by atoms with Gasteiger partial charge in [-0.25, -0.2) is 9.48 Å². The smallest absolute Gasteiger partial charge is 0.323 e. The standard InChI is InChI=1S/C28H20Cl3N5O2/c1-38-23-13-18(12-19(29)14-23)27-24(17-8-10-32-11-9-17)16-36(35-27)22-5-2-20(3-6-22)33-28(37)34-21-4-7-25(30)26(31)15-21/h2-16H,1H3,(H2,33,34,37). The average Bonchev–Trinajstić information content (AvgIpc) is 3.37. The van der Waals surface area contributed by atoms with Gasteiger partial charge in [0, 0.05) is 46.1 Å². The number of carbonyl (C=O) groups is 1. The molecule has 3 aromatic carbocycles. The summed E-state index contributed by atoms with van der Waals surface area (Å²) in [6, 6.07) is 21.1. The highest BCUT2D eigenvalue weighted by Crippen LogP contribution is 2.35. The number of nitrogens with one attached hydrogen (secondary N) is 2. The highest BCUT2D eigenvalue weighted by atomic mass is 35.5. The summed E-state index contributed by atoms with van der Waals surface area (Å²) in [5, 5.41) is 11.7. The SMILES string of the molecule is COc1cc(Cl)cc(-c2nn(-c3ccc(NC(=O)Nc4ccc(Cl)c(Cl)c4)cc3)cc2-c2ccncc2)c1. The highest BCUT2D eigenvalue weighted by molar-refractivity contribution is 6.42. The van der Waals surface area contributed by atoms with Crippen LogP contribution in [0.2, 0.25) is 15.1 Å². The van der Waals surface area contributed by atoms with E-state index in [1.165, 1.54) is 0 Å². The van der Waals surface area contributed by atoms with E-state index in [-0.39, 0.29) is 0 Å². The molecule has 2 amide bonds. The second kappa shape index (κ2) is 11.1. The van der Waals surface area contributed by atoms with Crippen molar-refractivity contribution in [2.24, 2.45) is 0 Å². The summed E-state index contributed by atoms with van der Waals surface area (Å²) in [6.45, 7) is 0. The number of anilines is 2. The van der Waals surface area contributed by atoms with Crippen LogP contribution >= 0.6 is 34.8 Å². The van der Waals surface area contributed by atoms with Gasteiger partial charge in [0.2, 0.25) is 0 Å². The van der Waals surface area contributed by atoms with Crippen LogP contribution in [0.3, 0.4) is 0 Å². The number of ether oxygens (including phenoxy) is 1. The molecule has 190 valence electrons. The van der Waals surface area contributed by atoms with Crippen LogP contribution in [0, 0.1) is 0 Å². The van der Waals surface area contributed by atoms with E-state index in [2.05, 4.69) is 15.6 Å². The Morgan fingerprint density at radius 3 is 2.24 bits per heavy atom. The summed E-state index contributed by atoms with van der Waals surface area (Å²) in [7, 11) is 1.60. The van der Waals surface area contributed by atoms with Gasteiger partial charge in [0.1, 0.15) is 11.4 Å². The summed E-state index contributed by atoms with van der Waals surface area (Å²) < 4.78 is 7.18. The number of amides is 2. The Labute approximate surface area is 234 Å². The van der Waals surface area contributed by atoms with Crippen molar-refractivity contribution in [1.29, 1.82) is 0 Å². The zero-order valence-electron chi connectivity index (χ0n) is 20.0. The van der Waals surface area contributed by atoms with Crippen LogP contribution < -0.4 is 15.4 Å². The van der Waals surface area contributed by atoms with Gasteiger partial charge in [-0.15, -0.1) is 0 Å². The number of pyridine rings is 1. The fourth-order valence-corrected chi connectivity index (χ4v) is 4.37. The summed E-state index contributed by atoms with van der Waals surface area (Å²) in [4.78, 5) is 16.6. The molecule has 0 fully saturated rings. The van der Waals surface area contributed by atoms with E-state index in [9.17, 15) is 4.79 Å². The van der Waals surface area contributed by atoms with Crippen LogP contribution in [0.1, 0.15) is 0 Å². The van der Waals surface area contributed by atoms with Crippen molar-refractivity contribution in [1.82, 2.24) is 14.8 Å². The molecule has 0 radical (unpaired) electrons. The molecule has 2 aromatic heterocycles. The Bertz CT molecular complexity index is 1610. The van der Waals surface area contributed by atoms with Gasteiger partial charge in [-0.2, -0.15) is 5.10 Å². The molecular weight excluding hydrogens is 545 g/mol. The van der Waals surface area contributed by atoms with Crippen molar-refractivity contribution < 1.29 is 9.53 Å². The first-order valence-electron chi connectivity index (χ1n) is 11.4. The van der Waals surface area contributed by atoms with E-state index in [1.807, 2.05) is 42.6 Å². The molecule has 2 heterocycles. The Morgan fingerprint density at radius 1 is 0.816 bits per heavy atom. The first-order valence-corrected chi connectivity index (χ1v) is 12.5. The minimum atomic E-state index is -0.410. The normalized spacial score (nSPS) is 10.7. The zero-order chi connectivity index (χ0) is 26.6. The number of urea groups is 1. The lowest BCUT2D eigenvalue weighted by Crippen LogP contribution is -2.19. The highest BCUT2D eigenvalue weighted by Gasteiger charge is 2.16. The molecule has 0 spiro atoms. The maximum absolute atomic E-state index is 12.4. The number of hydrogen-bond acceptors (Lipinski definition) is 4. The topological polar surface area (TPSA) is 81.1 Å². The molecule has 0 aliphatic rings. The lowest BCUT2D eigenvalue weighted by molar-refractivity contribution is 0.262. The van der Waals surface area contributed by atoms with Crippen molar-refractivity contribution in [2.45, 2.75) is 0 Å². The quantitative estimate of drug-likeness (QED) is 0.218. The van der Waals surface area contributed by atoms with E-state index in [0.29, 0.717) is 32.2 Å². The third-order valence-electron chi connectivity index (χ3n) is 5.65. The van der Waals surface area contributed by atoms with Gasteiger partial charge < -0.3 is 15.4 Å². The number of halogens is 3. The van der Waals surface area contributed by atoms with Gasteiger partial charge in [-0.3, -0.25) is 4.98 Å². The van der Waals surface area contributed by atoms with Crippen LogP contribution in [-0.2, 0) is 0 Å². The van der Waals surface area contributed by atoms with E-state index in [4.69, 9.17) is 44.6 Å². The fraction of sp³-hybridized carbons (Fsp3) is 0.0357. The monoisotopic (exact) mass is 563 g/mol. The molecule has 2 N–H and O–H groups in total. The van der Waals surface area contributed by atoms with E-state index in [1.54, 1.807) is 60.6 Å². The summed E-state index contributed by atoms with van der Waals surface area (Å²) in [5.41, 5.74) is 5.34. The van der Waals surface area contributed by atoms with Crippen molar-refractivity contribution >= 4 is 52.2 Å². The van der Waals surface area contributed by atoms with E-state index >= 15 is 0 Å². The molecular formula is C28H20Cl3N5O2. The minimum absolute atomic E-state index is 0.356. The van der Waals surface area contributed by atoms with Gasteiger partial charge in [-0.05, 0) is 78.4 Å². The average molecular weight is 565 g/mol. The summed E-state index contributed by atoms with van der Waals surface area (Å²) in [6.07, 6.45) is 5.41. The van der Waals surface area contributed by atoms with Crippen LogP contribution in [-0.4, -0.2) is 27.9 Å². The molecule has 0 atom stereocenters. The minimum Gasteiger partial charge on any atom is -0.497 e. The van der Waals surface area contributed by atoms with Crippen molar-refractivity contribution in [3.8, 4) is 33.8 Å². The third-order valence-corrected chi connectivity index (χ3v) is 6.61. The van der Waals surface area contributed by atoms with Gasteiger partial charge in [-0.1, -0.05) is 34.8 Å². The van der Waals surface area contributed by atoms with Crippen molar-refractivity contribution in [2.75, 3.05) is 17.7 Å². The number of rotatable bonds is 6. The predicted molar refractivity (Wildman–Crippen MR) is 153 cm³/mol. The lowest BCUT2D eigenvalue weighted by atomic mass is 10.0. The Kier molecular flexibility index (Phi) is 7.51. The lowest BCUT2D eigenvalue weighted by Gasteiger charge is -2.09. The number of hydrogen-bond donors (Lipinski definition) is 2. The van der Waals surface area contributed by atoms with Crippen LogP contribution in [0.15, 0.2) is 91.4 Å². The number of carbonyl (C=O) groups excluding carboxylic acids is 1. The maximum Gasteiger partial charge on any atom is 0.323 e. The first kappa shape index (κ1) is 25.6. The molecule has 0 aliphatic carbocycles.